The van der Waals surface area contributed by atoms with Crippen LogP contribution in [0.3, 0.4) is 0 Å². The van der Waals surface area contributed by atoms with E-state index in [1.807, 2.05) is 20.8 Å². The molecule has 0 aliphatic heterocycles. The van der Waals surface area contributed by atoms with Crippen LogP contribution in [-0.4, -0.2) is 41.5 Å². The maximum Gasteiger partial charge on any atom is 0.305 e. The maximum atomic E-state index is 11.7. The van der Waals surface area contributed by atoms with Gasteiger partial charge in [-0.2, -0.15) is 0 Å². The second-order valence-electron chi connectivity index (χ2n) is 4.75. The highest BCUT2D eigenvalue weighted by atomic mass is 16.4. The van der Waals surface area contributed by atoms with Crippen molar-refractivity contribution >= 4 is 11.9 Å². The molecule has 0 fully saturated rings. The minimum absolute atomic E-state index is 0.0564. The first-order chi connectivity index (χ1) is 6.66. The highest BCUT2D eigenvalue weighted by molar-refractivity contribution is 5.82. The zero-order valence-corrected chi connectivity index (χ0v) is 9.78. The number of amides is 1. The van der Waals surface area contributed by atoms with Crippen molar-refractivity contribution in [2.75, 3.05) is 13.6 Å². The minimum Gasteiger partial charge on any atom is -0.481 e. The number of nitrogens with zero attached hydrogens (tertiary/aromatic N) is 1. The fourth-order valence-electron chi connectivity index (χ4n) is 0.981. The third-order valence-electron chi connectivity index (χ3n) is 2.24. The Morgan fingerprint density at radius 2 is 1.87 bits per heavy atom. The van der Waals surface area contributed by atoms with Gasteiger partial charge >= 0.3 is 5.97 Å². The van der Waals surface area contributed by atoms with E-state index in [1.165, 1.54) is 4.90 Å². The van der Waals surface area contributed by atoms with E-state index in [0.717, 1.165) is 0 Å². The van der Waals surface area contributed by atoms with E-state index in [2.05, 4.69) is 0 Å². The first kappa shape index (κ1) is 13.9. The van der Waals surface area contributed by atoms with Crippen LogP contribution in [0.1, 0.15) is 27.2 Å². The molecule has 0 radical (unpaired) electrons. The summed E-state index contributed by atoms with van der Waals surface area (Å²) < 4.78 is 0. The molecule has 0 bridgehead atoms. The Morgan fingerprint density at radius 3 is 2.20 bits per heavy atom. The first-order valence-corrected chi connectivity index (χ1v) is 4.88. The highest BCUT2D eigenvalue weighted by Gasteiger charge is 2.29. The van der Waals surface area contributed by atoms with Crippen molar-refractivity contribution in [2.45, 2.75) is 33.2 Å². The van der Waals surface area contributed by atoms with E-state index >= 15 is 0 Å². The molecule has 0 heterocycles. The van der Waals surface area contributed by atoms with Gasteiger partial charge in [-0.3, -0.25) is 9.59 Å². The van der Waals surface area contributed by atoms with Crippen LogP contribution in [0.4, 0.5) is 0 Å². The molecule has 15 heavy (non-hydrogen) atoms. The van der Waals surface area contributed by atoms with Crippen molar-refractivity contribution in [3.8, 4) is 0 Å². The smallest absolute Gasteiger partial charge is 0.305 e. The topological polar surface area (TPSA) is 83.6 Å². The lowest BCUT2D eigenvalue weighted by Gasteiger charge is -2.29. The van der Waals surface area contributed by atoms with Crippen LogP contribution in [0.5, 0.6) is 0 Å². The third-order valence-corrected chi connectivity index (χ3v) is 2.24. The molecule has 5 heteroatoms. The summed E-state index contributed by atoms with van der Waals surface area (Å²) in [6, 6.07) is -0.601. The van der Waals surface area contributed by atoms with Crippen LogP contribution in [0, 0.1) is 5.41 Å². The van der Waals surface area contributed by atoms with E-state index in [1.54, 1.807) is 7.05 Å². The van der Waals surface area contributed by atoms with E-state index in [4.69, 9.17) is 10.8 Å². The molecule has 5 nitrogen and oxygen atoms in total. The molecule has 88 valence electrons. The van der Waals surface area contributed by atoms with Gasteiger partial charge in [0.25, 0.3) is 0 Å². The number of hydrogen-bond acceptors (Lipinski definition) is 3. The first-order valence-electron chi connectivity index (χ1n) is 4.88. The summed E-state index contributed by atoms with van der Waals surface area (Å²) in [5, 5.41) is 8.47. The predicted octanol–water partition coefficient (Wildman–Crippen LogP) is 0.293. The predicted molar refractivity (Wildman–Crippen MR) is 57.3 cm³/mol. The van der Waals surface area contributed by atoms with Gasteiger partial charge in [-0.15, -0.1) is 0 Å². The number of carboxylic acid groups (broad SMARTS) is 1. The Labute approximate surface area is 90.2 Å². The number of carbonyl (C=O) groups is 2. The number of likely N-dealkylation sites (N-methyl/N-ethyl adjacent to an activating group) is 1. The second kappa shape index (κ2) is 5.11. The van der Waals surface area contributed by atoms with Crippen LogP contribution < -0.4 is 5.73 Å². The number of carboxylic acids is 1. The quantitative estimate of drug-likeness (QED) is 0.707. The molecule has 3 N–H and O–H groups in total. The molecule has 0 aliphatic rings. The Kier molecular flexibility index (Phi) is 4.74. The van der Waals surface area contributed by atoms with Gasteiger partial charge in [0.2, 0.25) is 5.91 Å². The van der Waals surface area contributed by atoms with Crippen molar-refractivity contribution in [1.29, 1.82) is 0 Å². The van der Waals surface area contributed by atoms with Crippen LogP contribution in [0.15, 0.2) is 0 Å². The Bertz CT molecular complexity index is 246. The summed E-state index contributed by atoms with van der Waals surface area (Å²) in [6.45, 7) is 5.82. The molecule has 0 spiro atoms. The van der Waals surface area contributed by atoms with Crippen molar-refractivity contribution in [1.82, 2.24) is 4.90 Å². The van der Waals surface area contributed by atoms with Crippen molar-refractivity contribution < 1.29 is 14.7 Å². The van der Waals surface area contributed by atoms with Crippen LogP contribution >= 0.6 is 0 Å². The minimum atomic E-state index is -0.918. The molecule has 0 saturated carbocycles. The molecular formula is C10H20N2O3. The molecule has 0 aliphatic carbocycles. The second-order valence-corrected chi connectivity index (χ2v) is 4.75. The van der Waals surface area contributed by atoms with Crippen LogP contribution in [-0.2, 0) is 9.59 Å². The fourth-order valence-corrected chi connectivity index (χ4v) is 0.981. The molecule has 0 rings (SSSR count). The van der Waals surface area contributed by atoms with Gasteiger partial charge in [0, 0.05) is 13.6 Å². The summed E-state index contributed by atoms with van der Waals surface area (Å²) in [6.07, 6.45) is -0.0564. The molecule has 0 aromatic carbocycles. The number of nitrogens with two attached hydrogens (primary N) is 1. The lowest BCUT2D eigenvalue weighted by Crippen LogP contribution is -2.49. The van der Waals surface area contributed by atoms with Crippen molar-refractivity contribution in [3.63, 3.8) is 0 Å². The lowest BCUT2D eigenvalue weighted by atomic mass is 9.86. The highest BCUT2D eigenvalue weighted by Crippen LogP contribution is 2.18. The monoisotopic (exact) mass is 216 g/mol. The molecule has 1 amide bonds. The van der Waals surface area contributed by atoms with Crippen LogP contribution in [0.25, 0.3) is 0 Å². The Balaban J connectivity index is 4.26. The fraction of sp³-hybridized carbons (Fsp3) is 0.800. The summed E-state index contributed by atoms with van der Waals surface area (Å²) in [7, 11) is 1.57. The molecule has 0 aromatic heterocycles. The zero-order valence-electron chi connectivity index (χ0n) is 9.78. The standard InChI is InChI=1S/C10H20N2O3/c1-10(2,3)8(11)9(15)12(4)6-5-7(13)14/h8H,5-6,11H2,1-4H3,(H,13,14)/t8-/m0/s1. The summed E-state index contributed by atoms with van der Waals surface area (Å²) in [4.78, 5) is 23.4. The van der Waals surface area contributed by atoms with Gasteiger partial charge in [-0.25, -0.2) is 0 Å². The number of hydrogen-bond donors (Lipinski definition) is 2. The molecule has 0 aromatic rings. The number of carbonyl (C=O) groups excluding carboxylic acids is 1. The van der Waals surface area contributed by atoms with Gasteiger partial charge in [0.05, 0.1) is 12.5 Å². The molecule has 0 unspecified atom stereocenters. The van der Waals surface area contributed by atoms with Gasteiger partial charge in [0.1, 0.15) is 0 Å². The van der Waals surface area contributed by atoms with Crippen LogP contribution in [0.2, 0.25) is 0 Å². The zero-order chi connectivity index (χ0) is 12.2. The van der Waals surface area contributed by atoms with Crippen molar-refractivity contribution in [3.05, 3.63) is 0 Å². The maximum absolute atomic E-state index is 11.7. The lowest BCUT2D eigenvalue weighted by molar-refractivity contribution is -0.138. The summed E-state index contributed by atoms with van der Waals surface area (Å²) in [5.41, 5.74) is 5.45. The van der Waals surface area contributed by atoms with Gasteiger partial charge in [-0.1, -0.05) is 20.8 Å². The molecule has 1 atom stereocenters. The molecular weight excluding hydrogens is 196 g/mol. The molecule has 0 saturated heterocycles. The Hall–Kier alpha value is -1.10. The normalized spacial score (nSPS) is 13.4. The average Bonchev–Trinajstić information content (AvgIpc) is 2.10. The van der Waals surface area contributed by atoms with E-state index in [0.29, 0.717) is 0 Å². The largest absolute Gasteiger partial charge is 0.481 e. The summed E-state index contributed by atoms with van der Waals surface area (Å²) >= 11 is 0. The SMILES string of the molecule is CN(CCC(=O)O)C(=O)[C@H](N)C(C)(C)C. The van der Waals surface area contributed by atoms with E-state index in [9.17, 15) is 9.59 Å². The number of aliphatic carboxylic acids is 1. The Morgan fingerprint density at radius 1 is 1.40 bits per heavy atom. The average molecular weight is 216 g/mol. The van der Waals surface area contributed by atoms with Gasteiger partial charge in [-0.05, 0) is 5.41 Å². The number of rotatable bonds is 4. The summed E-state index contributed by atoms with van der Waals surface area (Å²) in [5.74, 6) is -1.14. The van der Waals surface area contributed by atoms with Gasteiger partial charge < -0.3 is 15.7 Å². The van der Waals surface area contributed by atoms with Crippen molar-refractivity contribution in [2.24, 2.45) is 11.1 Å². The van der Waals surface area contributed by atoms with Gasteiger partial charge in [0.15, 0.2) is 0 Å². The van der Waals surface area contributed by atoms with E-state index in [-0.39, 0.29) is 24.3 Å². The van der Waals surface area contributed by atoms with E-state index < -0.39 is 12.0 Å². The third kappa shape index (κ3) is 4.78.